The Bertz CT molecular complexity index is 766. The summed E-state index contributed by atoms with van der Waals surface area (Å²) in [5.41, 5.74) is 0. The minimum atomic E-state index is -3.84. The first-order valence-corrected chi connectivity index (χ1v) is 8.41. The molecule has 0 fully saturated rings. The third-order valence-electron chi connectivity index (χ3n) is 2.34. The zero-order chi connectivity index (χ0) is 15.6. The highest BCUT2D eigenvalue weighted by atomic mass is 79.9. The van der Waals surface area contributed by atoms with Crippen molar-refractivity contribution in [3.63, 3.8) is 0 Å². The molecule has 0 spiro atoms. The van der Waals surface area contributed by atoms with Gasteiger partial charge in [-0.3, -0.25) is 4.72 Å². The van der Waals surface area contributed by atoms with Gasteiger partial charge in [-0.05, 0) is 45.7 Å². The van der Waals surface area contributed by atoms with E-state index in [4.69, 9.17) is 27.9 Å². The Hall–Kier alpha value is -1.09. The fourth-order valence-electron chi connectivity index (χ4n) is 1.45. The van der Waals surface area contributed by atoms with Crippen molar-refractivity contribution in [3.8, 4) is 5.75 Å². The fraction of sp³-hybridized carbons (Fsp3) is 0.0909. The number of aromatic nitrogens is 2. The van der Waals surface area contributed by atoms with Crippen molar-refractivity contribution >= 4 is 55.0 Å². The maximum atomic E-state index is 12.3. The number of nitrogens with zero attached hydrogens (tertiary/aromatic N) is 2. The molecule has 0 aliphatic carbocycles. The van der Waals surface area contributed by atoms with E-state index in [1.54, 1.807) is 0 Å². The predicted molar refractivity (Wildman–Crippen MR) is 83.6 cm³/mol. The van der Waals surface area contributed by atoms with Gasteiger partial charge in [0.2, 0.25) is 5.28 Å². The normalized spacial score (nSPS) is 11.2. The molecule has 0 amide bonds. The second-order valence-corrected chi connectivity index (χ2v) is 7.01. The monoisotopic (exact) mass is 411 g/mol. The molecule has 0 aliphatic rings. The van der Waals surface area contributed by atoms with E-state index in [1.165, 1.54) is 31.4 Å². The van der Waals surface area contributed by atoms with Gasteiger partial charge in [0.1, 0.15) is 16.7 Å². The van der Waals surface area contributed by atoms with E-state index in [-0.39, 0.29) is 21.2 Å². The number of hydrogen-bond donors (Lipinski definition) is 1. The first-order chi connectivity index (χ1) is 9.81. The van der Waals surface area contributed by atoms with Crippen LogP contribution in [0.15, 0.2) is 33.6 Å². The van der Waals surface area contributed by atoms with Crippen LogP contribution in [0.5, 0.6) is 5.75 Å². The van der Waals surface area contributed by atoms with E-state index >= 15 is 0 Å². The summed E-state index contributed by atoms with van der Waals surface area (Å²) in [5, 5.41) is -0.125. The molecule has 0 saturated heterocycles. The predicted octanol–water partition coefficient (Wildman–Crippen LogP) is 3.36. The first-order valence-electron chi connectivity index (χ1n) is 5.38. The Morgan fingerprint density at radius 1 is 1.24 bits per heavy atom. The lowest BCUT2D eigenvalue weighted by molar-refractivity contribution is 0.411. The minimum absolute atomic E-state index is 0.0214. The quantitative estimate of drug-likeness (QED) is 0.615. The van der Waals surface area contributed by atoms with Crippen LogP contribution in [-0.4, -0.2) is 25.5 Å². The summed E-state index contributed by atoms with van der Waals surface area (Å²) in [6.07, 6.45) is 0. The minimum Gasteiger partial charge on any atom is -0.496 e. The van der Waals surface area contributed by atoms with Gasteiger partial charge in [-0.15, -0.1) is 0 Å². The molecule has 1 N–H and O–H groups in total. The van der Waals surface area contributed by atoms with Crippen molar-refractivity contribution in [1.82, 2.24) is 9.97 Å². The molecule has 1 heterocycles. The highest BCUT2D eigenvalue weighted by molar-refractivity contribution is 9.10. The van der Waals surface area contributed by atoms with Gasteiger partial charge in [0.15, 0.2) is 0 Å². The fourth-order valence-corrected chi connectivity index (χ4v) is 3.57. The number of hydrogen-bond acceptors (Lipinski definition) is 5. The molecule has 1 aromatic heterocycles. The molecule has 0 radical (unpaired) electrons. The molecule has 0 saturated carbocycles. The summed E-state index contributed by atoms with van der Waals surface area (Å²) in [4.78, 5) is 7.41. The van der Waals surface area contributed by atoms with Crippen LogP contribution in [0.1, 0.15) is 0 Å². The van der Waals surface area contributed by atoms with Crippen LogP contribution < -0.4 is 9.46 Å². The van der Waals surface area contributed by atoms with Gasteiger partial charge in [0.25, 0.3) is 10.0 Å². The van der Waals surface area contributed by atoms with Crippen LogP contribution in [0.2, 0.25) is 10.4 Å². The number of benzene rings is 1. The van der Waals surface area contributed by atoms with E-state index in [2.05, 4.69) is 30.6 Å². The molecule has 21 heavy (non-hydrogen) atoms. The van der Waals surface area contributed by atoms with Crippen molar-refractivity contribution < 1.29 is 13.2 Å². The van der Waals surface area contributed by atoms with Crippen LogP contribution in [0.3, 0.4) is 0 Å². The van der Waals surface area contributed by atoms with Gasteiger partial charge in [-0.1, -0.05) is 11.6 Å². The SMILES string of the molecule is COc1ccc(S(=O)(=O)Nc2cc(Cl)nc(Cl)n2)cc1Br. The summed E-state index contributed by atoms with van der Waals surface area (Å²) in [6.45, 7) is 0. The highest BCUT2D eigenvalue weighted by Crippen LogP contribution is 2.28. The molecule has 0 atom stereocenters. The summed E-state index contributed by atoms with van der Waals surface area (Å²) in [6, 6.07) is 5.59. The highest BCUT2D eigenvalue weighted by Gasteiger charge is 2.17. The third kappa shape index (κ3) is 3.97. The number of sulfonamides is 1. The average Bonchev–Trinajstić information content (AvgIpc) is 2.36. The zero-order valence-electron chi connectivity index (χ0n) is 10.5. The lowest BCUT2D eigenvalue weighted by Gasteiger charge is -2.09. The molecule has 2 aromatic rings. The van der Waals surface area contributed by atoms with Gasteiger partial charge in [0.05, 0.1) is 16.5 Å². The zero-order valence-corrected chi connectivity index (χ0v) is 14.4. The molecule has 0 unspecified atom stereocenters. The largest absolute Gasteiger partial charge is 0.496 e. The topological polar surface area (TPSA) is 81.2 Å². The smallest absolute Gasteiger partial charge is 0.263 e. The van der Waals surface area contributed by atoms with Crippen molar-refractivity contribution in [2.75, 3.05) is 11.8 Å². The lowest BCUT2D eigenvalue weighted by atomic mass is 10.3. The number of anilines is 1. The summed E-state index contributed by atoms with van der Waals surface area (Å²) >= 11 is 14.5. The Morgan fingerprint density at radius 3 is 2.52 bits per heavy atom. The molecule has 6 nitrogen and oxygen atoms in total. The standard InChI is InChI=1S/C11H8BrCl2N3O3S/c1-20-8-3-2-6(4-7(8)12)21(18,19)17-10-5-9(13)15-11(14)16-10/h2-5H,1H3,(H,15,16,17). The number of rotatable bonds is 4. The van der Waals surface area contributed by atoms with E-state index in [0.717, 1.165) is 0 Å². The van der Waals surface area contributed by atoms with Crippen molar-refractivity contribution in [2.45, 2.75) is 4.90 Å². The molecule has 0 bridgehead atoms. The van der Waals surface area contributed by atoms with E-state index in [1.807, 2.05) is 0 Å². The first kappa shape index (κ1) is 16.3. The summed E-state index contributed by atoms with van der Waals surface area (Å²) < 4.78 is 32.3. The molecule has 112 valence electrons. The summed E-state index contributed by atoms with van der Waals surface area (Å²) in [5.74, 6) is 0.494. The maximum absolute atomic E-state index is 12.3. The number of halogens is 3. The second-order valence-electron chi connectivity index (χ2n) is 3.75. The molecule has 2 rings (SSSR count). The number of methoxy groups -OCH3 is 1. The van der Waals surface area contributed by atoms with E-state index in [0.29, 0.717) is 10.2 Å². The number of ether oxygens (including phenoxy) is 1. The lowest BCUT2D eigenvalue weighted by Crippen LogP contribution is -2.14. The van der Waals surface area contributed by atoms with Crippen LogP contribution >= 0.6 is 39.1 Å². The van der Waals surface area contributed by atoms with Gasteiger partial charge >= 0.3 is 0 Å². The Kier molecular flexibility index (Phi) is 4.92. The average molecular weight is 413 g/mol. The van der Waals surface area contributed by atoms with Gasteiger partial charge in [0, 0.05) is 6.07 Å². The van der Waals surface area contributed by atoms with Crippen molar-refractivity contribution in [1.29, 1.82) is 0 Å². The molecular weight excluding hydrogens is 405 g/mol. The van der Waals surface area contributed by atoms with Crippen LogP contribution in [0, 0.1) is 0 Å². The van der Waals surface area contributed by atoms with Crippen molar-refractivity contribution in [2.24, 2.45) is 0 Å². The van der Waals surface area contributed by atoms with Crippen LogP contribution in [0.4, 0.5) is 5.82 Å². The Balaban J connectivity index is 2.36. The van der Waals surface area contributed by atoms with Gasteiger partial charge in [-0.2, -0.15) is 4.98 Å². The molecule has 1 aromatic carbocycles. The van der Waals surface area contributed by atoms with Gasteiger partial charge in [-0.25, -0.2) is 13.4 Å². The Morgan fingerprint density at radius 2 is 1.95 bits per heavy atom. The third-order valence-corrected chi connectivity index (χ3v) is 4.67. The van der Waals surface area contributed by atoms with Crippen LogP contribution in [0.25, 0.3) is 0 Å². The molecule has 10 heteroatoms. The van der Waals surface area contributed by atoms with Gasteiger partial charge < -0.3 is 4.74 Å². The Labute approximate surface area is 139 Å². The van der Waals surface area contributed by atoms with Crippen molar-refractivity contribution in [3.05, 3.63) is 39.2 Å². The van der Waals surface area contributed by atoms with E-state index in [9.17, 15) is 8.42 Å². The maximum Gasteiger partial charge on any atom is 0.263 e. The molecule has 0 aliphatic heterocycles. The van der Waals surface area contributed by atoms with Crippen LogP contribution in [-0.2, 0) is 10.0 Å². The van der Waals surface area contributed by atoms with E-state index < -0.39 is 10.0 Å². The number of nitrogens with one attached hydrogen (secondary N) is 1. The molecular formula is C11H8BrCl2N3O3S. The summed E-state index contributed by atoms with van der Waals surface area (Å²) in [7, 11) is -2.35. The second kappa shape index (κ2) is 6.35.